The lowest BCUT2D eigenvalue weighted by molar-refractivity contribution is 0.0241. The fourth-order valence-electron chi connectivity index (χ4n) is 2.63. The van der Waals surface area contributed by atoms with Gasteiger partial charge in [0, 0.05) is 24.5 Å². The molecule has 7 heteroatoms. The third-order valence-electron chi connectivity index (χ3n) is 4.02. The van der Waals surface area contributed by atoms with E-state index in [-0.39, 0.29) is 17.6 Å². The van der Waals surface area contributed by atoms with E-state index in [2.05, 4.69) is 15.1 Å². The van der Waals surface area contributed by atoms with E-state index in [1.54, 1.807) is 9.42 Å². The van der Waals surface area contributed by atoms with E-state index in [4.69, 9.17) is 0 Å². The molecule has 1 amide bonds. The third kappa shape index (κ3) is 2.49. The van der Waals surface area contributed by atoms with Crippen molar-refractivity contribution in [2.45, 2.75) is 33.3 Å². The summed E-state index contributed by atoms with van der Waals surface area (Å²) >= 11 is 0. The zero-order chi connectivity index (χ0) is 15.1. The van der Waals surface area contributed by atoms with E-state index < -0.39 is 6.10 Å². The van der Waals surface area contributed by atoms with Crippen LogP contribution in [-0.4, -0.2) is 54.7 Å². The summed E-state index contributed by atoms with van der Waals surface area (Å²) in [7, 11) is 0. The summed E-state index contributed by atoms with van der Waals surface area (Å²) in [6.07, 6.45) is 0.304. The predicted octanol–water partition coefficient (Wildman–Crippen LogP) is 0.584. The van der Waals surface area contributed by atoms with Gasteiger partial charge in [0.05, 0.1) is 6.10 Å². The van der Waals surface area contributed by atoms with Crippen molar-refractivity contribution in [2.75, 3.05) is 13.1 Å². The number of rotatable bonds is 1. The minimum absolute atomic E-state index is 0.137. The summed E-state index contributed by atoms with van der Waals surface area (Å²) in [5.41, 5.74) is 1.73. The second kappa shape index (κ2) is 5.07. The maximum absolute atomic E-state index is 12.5. The molecule has 1 saturated heterocycles. The fourth-order valence-corrected chi connectivity index (χ4v) is 2.63. The van der Waals surface area contributed by atoms with Gasteiger partial charge in [-0.2, -0.15) is 4.98 Å². The number of carbonyl (C=O) groups excluding carboxylic acids is 1. The minimum Gasteiger partial charge on any atom is -0.391 e. The number of aliphatic hydroxyl groups is 1. The van der Waals surface area contributed by atoms with Crippen LogP contribution in [0, 0.1) is 19.8 Å². The molecule has 3 rings (SSSR count). The maximum atomic E-state index is 12.5. The quantitative estimate of drug-likeness (QED) is 0.830. The van der Waals surface area contributed by atoms with Crippen LogP contribution in [0.5, 0.6) is 0 Å². The monoisotopic (exact) mass is 289 g/mol. The van der Waals surface area contributed by atoms with Crippen molar-refractivity contribution in [3.63, 3.8) is 0 Å². The van der Waals surface area contributed by atoms with Crippen LogP contribution in [0.1, 0.15) is 35.4 Å². The zero-order valence-corrected chi connectivity index (χ0v) is 12.4. The van der Waals surface area contributed by atoms with Crippen LogP contribution in [0.2, 0.25) is 0 Å². The van der Waals surface area contributed by atoms with Crippen LogP contribution in [0.15, 0.2) is 6.07 Å². The number of hydrogen-bond acceptors (Lipinski definition) is 5. The lowest BCUT2D eigenvalue weighted by Crippen LogP contribution is -2.46. The summed E-state index contributed by atoms with van der Waals surface area (Å²) < 4.78 is 1.57. The Balaban J connectivity index is 1.90. The van der Waals surface area contributed by atoms with E-state index in [1.807, 2.05) is 26.8 Å². The fraction of sp³-hybridized carbons (Fsp3) is 0.571. The first-order valence-corrected chi connectivity index (χ1v) is 7.14. The highest BCUT2D eigenvalue weighted by molar-refractivity contribution is 5.91. The molecule has 7 nitrogen and oxygen atoms in total. The number of hydrogen-bond donors (Lipinski definition) is 1. The van der Waals surface area contributed by atoms with Gasteiger partial charge in [0.15, 0.2) is 0 Å². The molecule has 112 valence electrons. The Bertz CT molecular complexity index is 696. The number of fused-ring (bicyclic) bond motifs is 1. The SMILES string of the molecule is Cc1cc(C)n2nc(C(=O)N3CCC(C)C(O)C3)nc2n1. The van der Waals surface area contributed by atoms with Gasteiger partial charge in [0.1, 0.15) is 0 Å². The van der Waals surface area contributed by atoms with Gasteiger partial charge in [-0.1, -0.05) is 6.92 Å². The summed E-state index contributed by atoms with van der Waals surface area (Å²) in [6.45, 7) is 6.73. The second-order valence-corrected chi connectivity index (χ2v) is 5.77. The van der Waals surface area contributed by atoms with Crippen LogP contribution >= 0.6 is 0 Å². The Morgan fingerprint density at radius 1 is 1.38 bits per heavy atom. The molecule has 0 aliphatic carbocycles. The van der Waals surface area contributed by atoms with Gasteiger partial charge in [0.25, 0.3) is 11.7 Å². The lowest BCUT2D eigenvalue weighted by Gasteiger charge is -2.33. The first kappa shape index (κ1) is 13.9. The number of β-amino-alcohol motifs (C(OH)–C–C–N with tert-alkyl or cyclic N) is 1. The van der Waals surface area contributed by atoms with Crippen LogP contribution < -0.4 is 0 Å². The Morgan fingerprint density at radius 2 is 2.14 bits per heavy atom. The second-order valence-electron chi connectivity index (χ2n) is 5.77. The Kier molecular flexibility index (Phi) is 3.36. The van der Waals surface area contributed by atoms with Gasteiger partial charge in [-0.3, -0.25) is 4.79 Å². The van der Waals surface area contributed by atoms with Gasteiger partial charge in [-0.15, -0.1) is 5.10 Å². The number of nitrogens with zero attached hydrogens (tertiary/aromatic N) is 5. The van der Waals surface area contributed by atoms with Gasteiger partial charge < -0.3 is 10.0 Å². The molecule has 1 aliphatic rings. The summed E-state index contributed by atoms with van der Waals surface area (Å²) in [5.74, 6) is 0.540. The molecule has 21 heavy (non-hydrogen) atoms. The number of piperidine rings is 1. The van der Waals surface area contributed by atoms with E-state index in [9.17, 15) is 9.90 Å². The molecule has 0 spiro atoms. The average Bonchev–Trinajstić information content (AvgIpc) is 2.85. The van der Waals surface area contributed by atoms with Gasteiger partial charge in [-0.25, -0.2) is 9.50 Å². The number of aromatic nitrogens is 4. The maximum Gasteiger partial charge on any atom is 0.293 e. The molecule has 2 aromatic rings. The van der Waals surface area contributed by atoms with Crippen LogP contribution in [0.25, 0.3) is 5.78 Å². The van der Waals surface area contributed by atoms with Crippen molar-refractivity contribution >= 4 is 11.7 Å². The van der Waals surface area contributed by atoms with Crippen molar-refractivity contribution in [3.05, 3.63) is 23.3 Å². The first-order valence-electron chi connectivity index (χ1n) is 7.14. The smallest absolute Gasteiger partial charge is 0.293 e. The molecule has 0 bridgehead atoms. The summed E-state index contributed by atoms with van der Waals surface area (Å²) in [6, 6.07) is 1.89. The van der Waals surface area contributed by atoms with E-state index in [1.165, 1.54) is 0 Å². The highest BCUT2D eigenvalue weighted by Crippen LogP contribution is 2.18. The molecule has 0 radical (unpaired) electrons. The third-order valence-corrected chi connectivity index (χ3v) is 4.02. The Labute approximate surface area is 122 Å². The van der Waals surface area contributed by atoms with E-state index in [0.29, 0.717) is 18.9 Å². The van der Waals surface area contributed by atoms with Crippen LogP contribution in [0.4, 0.5) is 0 Å². The van der Waals surface area contributed by atoms with Crippen LogP contribution in [-0.2, 0) is 0 Å². The summed E-state index contributed by atoms with van der Waals surface area (Å²) in [4.78, 5) is 22.6. The summed E-state index contributed by atoms with van der Waals surface area (Å²) in [5, 5.41) is 14.2. The Morgan fingerprint density at radius 3 is 2.86 bits per heavy atom. The molecule has 1 aliphatic heterocycles. The van der Waals surface area contributed by atoms with E-state index in [0.717, 1.165) is 17.8 Å². The number of aliphatic hydroxyl groups excluding tert-OH is 1. The first-order chi connectivity index (χ1) is 9.95. The molecular formula is C14H19N5O2. The molecule has 0 aromatic carbocycles. The van der Waals surface area contributed by atoms with Gasteiger partial charge in [-0.05, 0) is 32.3 Å². The number of carbonyl (C=O) groups is 1. The molecule has 2 aromatic heterocycles. The standard InChI is InChI=1S/C14H19N5O2/c1-8-4-5-18(7-11(8)20)13(21)12-16-14-15-9(2)6-10(3)19(14)17-12/h6,8,11,20H,4-5,7H2,1-3H3. The lowest BCUT2D eigenvalue weighted by atomic mass is 9.96. The van der Waals surface area contributed by atoms with Gasteiger partial charge in [0.2, 0.25) is 5.82 Å². The Hall–Kier alpha value is -2.02. The molecule has 1 N–H and O–H groups in total. The average molecular weight is 289 g/mol. The molecule has 3 heterocycles. The molecular weight excluding hydrogens is 270 g/mol. The van der Waals surface area contributed by atoms with Crippen molar-refractivity contribution in [1.29, 1.82) is 0 Å². The number of amides is 1. The topological polar surface area (TPSA) is 83.6 Å². The largest absolute Gasteiger partial charge is 0.391 e. The van der Waals surface area contributed by atoms with E-state index >= 15 is 0 Å². The van der Waals surface area contributed by atoms with Crippen LogP contribution in [0.3, 0.4) is 0 Å². The minimum atomic E-state index is -0.484. The molecule has 2 atom stereocenters. The van der Waals surface area contributed by atoms with Gasteiger partial charge >= 0.3 is 0 Å². The van der Waals surface area contributed by atoms with Crippen molar-refractivity contribution in [2.24, 2.45) is 5.92 Å². The normalized spacial score (nSPS) is 22.8. The van der Waals surface area contributed by atoms with Crippen molar-refractivity contribution in [3.8, 4) is 0 Å². The number of aryl methyl sites for hydroxylation is 2. The number of likely N-dealkylation sites (tertiary alicyclic amines) is 1. The molecule has 0 saturated carbocycles. The predicted molar refractivity (Wildman–Crippen MR) is 75.9 cm³/mol. The highest BCUT2D eigenvalue weighted by Gasteiger charge is 2.30. The molecule has 2 unspecified atom stereocenters. The van der Waals surface area contributed by atoms with Crippen molar-refractivity contribution in [1.82, 2.24) is 24.5 Å². The highest BCUT2D eigenvalue weighted by atomic mass is 16.3. The van der Waals surface area contributed by atoms with Crippen molar-refractivity contribution < 1.29 is 9.90 Å². The zero-order valence-electron chi connectivity index (χ0n) is 12.4. The molecule has 1 fully saturated rings.